The number of likely N-dealkylation sites (tertiary alicyclic amines) is 1. The molecule has 5 aromatic rings. The van der Waals surface area contributed by atoms with Gasteiger partial charge in [0.1, 0.15) is 28.4 Å². The number of para-hydroxylation sites is 1. The van der Waals surface area contributed by atoms with Gasteiger partial charge in [-0.15, -0.1) is 0 Å². The van der Waals surface area contributed by atoms with Gasteiger partial charge in [0.05, 0.1) is 40.4 Å². The highest BCUT2D eigenvalue weighted by Crippen LogP contribution is 2.35. The molecule has 4 heterocycles. The first-order valence-electron chi connectivity index (χ1n) is 15.2. The van der Waals surface area contributed by atoms with Gasteiger partial charge in [0, 0.05) is 12.1 Å². The van der Waals surface area contributed by atoms with E-state index in [0.29, 0.717) is 29.5 Å². The Kier molecular flexibility index (Phi) is 7.54. The number of alkyl carbamates (subject to hydrolysis) is 1. The number of fused-ring (bicyclic) bond motifs is 2. The lowest BCUT2D eigenvalue weighted by molar-refractivity contribution is 0.0218. The fourth-order valence-corrected chi connectivity index (χ4v) is 5.44. The molecular weight excluding hydrogens is 574 g/mol. The predicted octanol–water partition coefficient (Wildman–Crippen LogP) is 7.42. The summed E-state index contributed by atoms with van der Waals surface area (Å²) in [6.45, 7) is 13.5. The molecule has 2 amide bonds. The van der Waals surface area contributed by atoms with Crippen molar-refractivity contribution in [3.8, 4) is 22.8 Å². The molecule has 1 aliphatic rings. The smallest absolute Gasteiger partial charge is 0.410 e. The number of nitrogens with one attached hydrogen (secondary N) is 3. The number of benzene rings is 2. The first kappa shape index (κ1) is 30.2. The van der Waals surface area contributed by atoms with Crippen LogP contribution in [0.15, 0.2) is 47.0 Å². The lowest BCUT2D eigenvalue weighted by Crippen LogP contribution is -2.36. The van der Waals surface area contributed by atoms with Gasteiger partial charge in [0.2, 0.25) is 5.89 Å². The van der Waals surface area contributed by atoms with E-state index in [1.807, 2.05) is 84.9 Å². The van der Waals surface area contributed by atoms with Crippen molar-refractivity contribution in [1.29, 1.82) is 0 Å². The molecule has 1 fully saturated rings. The Balaban J connectivity index is 1.23. The molecule has 2 aromatic carbocycles. The van der Waals surface area contributed by atoms with E-state index in [1.165, 1.54) is 0 Å². The van der Waals surface area contributed by atoms with Gasteiger partial charge in [0.15, 0.2) is 5.76 Å². The number of ether oxygens (including phenoxy) is 2. The molecule has 0 saturated carbocycles. The Labute approximate surface area is 260 Å². The number of carbonyl (C=O) groups excluding carboxylic acids is 2. The maximum absolute atomic E-state index is 12.8. The normalized spacial score (nSPS) is 16.3. The van der Waals surface area contributed by atoms with Crippen molar-refractivity contribution in [2.45, 2.75) is 84.6 Å². The molecule has 0 bridgehead atoms. The van der Waals surface area contributed by atoms with Gasteiger partial charge in [-0.3, -0.25) is 4.90 Å². The van der Waals surface area contributed by atoms with Crippen LogP contribution in [-0.4, -0.2) is 59.8 Å². The van der Waals surface area contributed by atoms with Crippen LogP contribution in [0.25, 0.3) is 44.8 Å². The number of imidazole rings is 2. The number of carbonyl (C=O) groups is 2. The minimum absolute atomic E-state index is 0.172. The number of H-pyrrole nitrogens is 2. The number of hydrogen-bond acceptors (Lipinski definition) is 8. The number of oxazole rings is 1. The third-order valence-electron chi connectivity index (χ3n) is 7.39. The number of amides is 2. The molecule has 3 aromatic heterocycles. The van der Waals surface area contributed by atoms with Gasteiger partial charge in [-0.05, 0) is 91.6 Å². The zero-order chi connectivity index (χ0) is 32.1. The maximum atomic E-state index is 12.8. The van der Waals surface area contributed by atoms with E-state index in [-0.39, 0.29) is 12.1 Å². The standard InChI is InChI=1S/C33H39N7O5/c1-18(35-30(41)44-32(2,3)4)27-37-22-11-8-10-20(26(22)39-27)29-34-17-25(43-29)19-13-14-21-23(16-19)38-28(36-21)24-12-9-15-40(24)31(42)45-33(5,6)7/h8,10-11,13-14,16-18,24H,9,12,15H2,1-7H3,(H,35,41)(H,36,38)(H,37,39)/t18-,24-/m0/s1. The van der Waals surface area contributed by atoms with Crippen molar-refractivity contribution in [3.05, 3.63) is 54.2 Å². The van der Waals surface area contributed by atoms with Crippen LogP contribution in [0.2, 0.25) is 0 Å². The monoisotopic (exact) mass is 613 g/mol. The van der Waals surface area contributed by atoms with E-state index in [0.717, 1.165) is 46.3 Å². The summed E-state index contributed by atoms with van der Waals surface area (Å²) < 4.78 is 17.3. The molecule has 1 saturated heterocycles. The van der Waals surface area contributed by atoms with E-state index >= 15 is 0 Å². The van der Waals surface area contributed by atoms with Crippen molar-refractivity contribution in [2.24, 2.45) is 0 Å². The minimum atomic E-state index is -0.601. The number of rotatable bonds is 5. The van der Waals surface area contributed by atoms with Gasteiger partial charge in [-0.25, -0.2) is 24.5 Å². The fourth-order valence-electron chi connectivity index (χ4n) is 5.44. The molecule has 2 atom stereocenters. The van der Waals surface area contributed by atoms with Crippen LogP contribution in [0.5, 0.6) is 0 Å². The van der Waals surface area contributed by atoms with Gasteiger partial charge >= 0.3 is 12.2 Å². The van der Waals surface area contributed by atoms with E-state index in [2.05, 4.69) is 20.3 Å². The second-order valence-electron chi connectivity index (χ2n) is 13.4. The highest BCUT2D eigenvalue weighted by molar-refractivity contribution is 5.90. The maximum Gasteiger partial charge on any atom is 0.410 e. The molecule has 45 heavy (non-hydrogen) atoms. The van der Waals surface area contributed by atoms with Crippen molar-refractivity contribution >= 4 is 34.3 Å². The van der Waals surface area contributed by atoms with Crippen LogP contribution in [0.3, 0.4) is 0 Å². The van der Waals surface area contributed by atoms with Crippen LogP contribution < -0.4 is 5.32 Å². The van der Waals surface area contributed by atoms with Crippen LogP contribution in [0.1, 0.15) is 85.0 Å². The number of aromatic nitrogens is 5. The van der Waals surface area contributed by atoms with Gasteiger partial charge in [0.25, 0.3) is 0 Å². The third-order valence-corrected chi connectivity index (χ3v) is 7.39. The van der Waals surface area contributed by atoms with Crippen molar-refractivity contribution in [1.82, 2.24) is 35.1 Å². The van der Waals surface area contributed by atoms with Crippen molar-refractivity contribution in [2.75, 3.05) is 6.54 Å². The summed E-state index contributed by atoms with van der Waals surface area (Å²) in [6, 6.07) is 11.0. The summed E-state index contributed by atoms with van der Waals surface area (Å²) in [6.07, 6.45) is 2.55. The summed E-state index contributed by atoms with van der Waals surface area (Å²) in [5, 5.41) is 2.82. The Morgan fingerprint density at radius 1 is 1.02 bits per heavy atom. The fraction of sp³-hybridized carbons (Fsp3) is 0.424. The average molecular weight is 614 g/mol. The lowest BCUT2D eigenvalue weighted by Gasteiger charge is -2.27. The molecule has 0 radical (unpaired) electrons. The summed E-state index contributed by atoms with van der Waals surface area (Å²) in [5.41, 5.74) is 3.49. The van der Waals surface area contributed by atoms with Crippen LogP contribution in [-0.2, 0) is 9.47 Å². The summed E-state index contributed by atoms with van der Waals surface area (Å²) >= 11 is 0. The summed E-state index contributed by atoms with van der Waals surface area (Å²) in [5.74, 6) is 2.33. The van der Waals surface area contributed by atoms with E-state index in [1.54, 1.807) is 11.1 Å². The Bertz CT molecular complexity index is 1870. The van der Waals surface area contributed by atoms with Gasteiger partial charge < -0.3 is 29.2 Å². The minimum Gasteiger partial charge on any atom is -0.444 e. The van der Waals surface area contributed by atoms with Gasteiger partial charge in [-0.2, -0.15) is 0 Å². The zero-order valence-corrected chi connectivity index (χ0v) is 26.6. The summed E-state index contributed by atoms with van der Waals surface area (Å²) in [7, 11) is 0. The third kappa shape index (κ3) is 6.50. The first-order valence-corrected chi connectivity index (χ1v) is 15.2. The van der Waals surface area contributed by atoms with Crippen molar-refractivity contribution < 1.29 is 23.5 Å². The molecule has 1 aliphatic heterocycles. The second kappa shape index (κ2) is 11.2. The molecule has 12 nitrogen and oxygen atoms in total. The average Bonchev–Trinajstić information content (AvgIpc) is 3.74. The molecule has 0 spiro atoms. The quantitative estimate of drug-likeness (QED) is 0.185. The number of aromatic amines is 2. The van der Waals surface area contributed by atoms with Crippen molar-refractivity contribution in [3.63, 3.8) is 0 Å². The molecule has 12 heteroatoms. The van der Waals surface area contributed by atoms with E-state index in [4.69, 9.17) is 23.9 Å². The second-order valence-corrected chi connectivity index (χ2v) is 13.4. The largest absolute Gasteiger partial charge is 0.444 e. The van der Waals surface area contributed by atoms with E-state index in [9.17, 15) is 9.59 Å². The predicted molar refractivity (Wildman–Crippen MR) is 169 cm³/mol. The molecule has 0 unspecified atom stereocenters. The Hall–Kier alpha value is -4.87. The zero-order valence-electron chi connectivity index (χ0n) is 26.6. The highest BCUT2D eigenvalue weighted by atomic mass is 16.6. The van der Waals surface area contributed by atoms with Gasteiger partial charge in [-0.1, -0.05) is 6.07 Å². The lowest BCUT2D eigenvalue weighted by atomic mass is 10.1. The molecular formula is C33H39N7O5. The number of hydrogen-bond donors (Lipinski definition) is 3. The van der Waals surface area contributed by atoms with E-state index < -0.39 is 23.3 Å². The molecule has 6 rings (SSSR count). The molecule has 3 N–H and O–H groups in total. The Morgan fingerprint density at radius 2 is 1.80 bits per heavy atom. The van der Waals surface area contributed by atoms with Crippen LogP contribution in [0, 0.1) is 0 Å². The summed E-state index contributed by atoms with van der Waals surface area (Å²) in [4.78, 5) is 47.7. The SMILES string of the molecule is C[C@H](NC(=O)OC(C)(C)C)c1nc2c(-c3ncc(-c4ccc5nc([C@@H]6CCCN6C(=O)OC(C)(C)C)[nH]c5c4)o3)cccc2[nH]1. The molecule has 236 valence electrons. The Morgan fingerprint density at radius 3 is 2.56 bits per heavy atom. The van der Waals surface area contributed by atoms with Crippen LogP contribution in [0.4, 0.5) is 9.59 Å². The molecule has 0 aliphatic carbocycles. The number of nitrogens with zero attached hydrogens (tertiary/aromatic N) is 4. The highest BCUT2D eigenvalue weighted by Gasteiger charge is 2.35. The topological polar surface area (TPSA) is 151 Å². The first-order chi connectivity index (χ1) is 21.2. The van der Waals surface area contributed by atoms with Crippen LogP contribution >= 0.6 is 0 Å².